The van der Waals surface area contributed by atoms with Crippen LogP contribution in [0.25, 0.3) is 0 Å². The van der Waals surface area contributed by atoms with Gasteiger partial charge in [-0.15, -0.1) is 0 Å². The lowest BCUT2D eigenvalue weighted by molar-refractivity contribution is -0.127. The molecule has 0 radical (unpaired) electrons. The van der Waals surface area contributed by atoms with Gasteiger partial charge in [-0.3, -0.25) is 4.79 Å². The number of carbonyl (C=O) groups excluding carboxylic acids is 1. The number of hydrogen-bond donors (Lipinski definition) is 1. The van der Waals surface area contributed by atoms with Crippen molar-refractivity contribution in [1.29, 1.82) is 0 Å². The van der Waals surface area contributed by atoms with E-state index >= 15 is 0 Å². The summed E-state index contributed by atoms with van der Waals surface area (Å²) in [5.41, 5.74) is 0. The van der Waals surface area contributed by atoms with Crippen molar-refractivity contribution in [2.24, 2.45) is 0 Å². The first-order valence-electron chi connectivity index (χ1n) is 5.74. The Morgan fingerprint density at radius 3 is 2.50 bits per heavy atom. The van der Waals surface area contributed by atoms with Crippen LogP contribution in [-0.2, 0) is 4.79 Å². The standard InChI is InChI=1S/C13H18BrNO3/c1-8(2)15-13(16)9(3)18-12-6-5-10(17-4)7-11(12)14/h5-9H,1-4H3,(H,15,16). The highest BCUT2D eigenvalue weighted by molar-refractivity contribution is 9.10. The zero-order chi connectivity index (χ0) is 13.7. The molecule has 4 nitrogen and oxygen atoms in total. The molecule has 1 rings (SSSR count). The van der Waals surface area contributed by atoms with Crippen LogP contribution in [0.5, 0.6) is 11.5 Å². The van der Waals surface area contributed by atoms with Gasteiger partial charge < -0.3 is 14.8 Å². The minimum absolute atomic E-state index is 0.0999. The molecule has 1 N–H and O–H groups in total. The van der Waals surface area contributed by atoms with Gasteiger partial charge in [-0.25, -0.2) is 0 Å². The highest BCUT2D eigenvalue weighted by Crippen LogP contribution is 2.29. The van der Waals surface area contributed by atoms with Crippen LogP contribution in [0, 0.1) is 0 Å². The van der Waals surface area contributed by atoms with Crippen LogP contribution in [-0.4, -0.2) is 25.2 Å². The van der Waals surface area contributed by atoms with E-state index in [1.807, 2.05) is 13.8 Å². The van der Waals surface area contributed by atoms with E-state index in [0.29, 0.717) is 5.75 Å². The minimum atomic E-state index is -0.544. The number of hydrogen-bond acceptors (Lipinski definition) is 3. The molecule has 0 aromatic heterocycles. The van der Waals surface area contributed by atoms with E-state index in [1.165, 1.54) is 0 Å². The second-order valence-corrected chi connectivity index (χ2v) is 5.07. The summed E-state index contributed by atoms with van der Waals surface area (Å²) in [6, 6.07) is 5.44. The molecule has 5 heteroatoms. The molecule has 100 valence electrons. The van der Waals surface area contributed by atoms with Gasteiger partial charge in [0.1, 0.15) is 11.5 Å². The Bertz CT molecular complexity index is 421. The smallest absolute Gasteiger partial charge is 0.260 e. The predicted octanol–water partition coefficient (Wildman–Crippen LogP) is 2.75. The molecule has 0 saturated heterocycles. The Labute approximate surface area is 116 Å². The van der Waals surface area contributed by atoms with Crippen molar-refractivity contribution < 1.29 is 14.3 Å². The van der Waals surface area contributed by atoms with Crippen LogP contribution in [0.4, 0.5) is 0 Å². The van der Waals surface area contributed by atoms with E-state index in [1.54, 1.807) is 32.2 Å². The van der Waals surface area contributed by atoms with Crippen LogP contribution in [0.3, 0.4) is 0 Å². The lowest BCUT2D eigenvalue weighted by Crippen LogP contribution is -2.40. The van der Waals surface area contributed by atoms with Gasteiger partial charge in [-0.1, -0.05) is 0 Å². The summed E-state index contributed by atoms with van der Waals surface area (Å²) in [5.74, 6) is 1.21. The predicted molar refractivity (Wildman–Crippen MR) is 74.1 cm³/mol. The molecule has 0 spiro atoms. The van der Waals surface area contributed by atoms with E-state index < -0.39 is 6.10 Å². The quantitative estimate of drug-likeness (QED) is 0.909. The monoisotopic (exact) mass is 315 g/mol. The van der Waals surface area contributed by atoms with Gasteiger partial charge in [-0.05, 0) is 54.9 Å². The zero-order valence-electron chi connectivity index (χ0n) is 11.0. The van der Waals surface area contributed by atoms with Gasteiger partial charge in [0.05, 0.1) is 11.6 Å². The molecule has 0 saturated carbocycles. The van der Waals surface area contributed by atoms with Crippen LogP contribution in [0.15, 0.2) is 22.7 Å². The molecule has 1 aromatic rings. The van der Waals surface area contributed by atoms with Crippen LogP contribution < -0.4 is 14.8 Å². The Morgan fingerprint density at radius 1 is 1.33 bits per heavy atom. The van der Waals surface area contributed by atoms with Gasteiger partial charge in [0.2, 0.25) is 0 Å². The number of methoxy groups -OCH3 is 1. The topological polar surface area (TPSA) is 47.6 Å². The number of nitrogens with one attached hydrogen (secondary N) is 1. The van der Waals surface area contributed by atoms with Crippen molar-refractivity contribution in [3.63, 3.8) is 0 Å². The number of carbonyl (C=O) groups is 1. The summed E-state index contributed by atoms with van der Waals surface area (Å²) in [6.07, 6.45) is -0.544. The molecule has 1 amide bonds. The lowest BCUT2D eigenvalue weighted by Gasteiger charge is -2.17. The van der Waals surface area contributed by atoms with Gasteiger partial charge in [0, 0.05) is 6.04 Å². The number of halogens is 1. The average Bonchev–Trinajstić information content (AvgIpc) is 2.30. The summed E-state index contributed by atoms with van der Waals surface area (Å²) in [5, 5.41) is 2.80. The van der Waals surface area contributed by atoms with Crippen molar-refractivity contribution in [3.05, 3.63) is 22.7 Å². The van der Waals surface area contributed by atoms with Crippen molar-refractivity contribution in [2.45, 2.75) is 32.9 Å². The molecular formula is C13H18BrNO3. The van der Waals surface area contributed by atoms with Crippen molar-refractivity contribution in [3.8, 4) is 11.5 Å². The maximum Gasteiger partial charge on any atom is 0.260 e. The fourth-order valence-electron chi connectivity index (χ4n) is 1.35. The van der Waals surface area contributed by atoms with Crippen LogP contribution >= 0.6 is 15.9 Å². The third kappa shape index (κ3) is 4.22. The normalized spacial score (nSPS) is 12.1. The second-order valence-electron chi connectivity index (χ2n) is 4.22. The molecule has 0 fully saturated rings. The Kier molecular flexibility index (Phi) is 5.47. The molecular weight excluding hydrogens is 298 g/mol. The number of ether oxygens (including phenoxy) is 2. The first-order valence-corrected chi connectivity index (χ1v) is 6.54. The zero-order valence-corrected chi connectivity index (χ0v) is 12.6. The highest BCUT2D eigenvalue weighted by Gasteiger charge is 2.16. The largest absolute Gasteiger partial charge is 0.497 e. The van der Waals surface area contributed by atoms with Gasteiger partial charge in [0.25, 0.3) is 5.91 Å². The summed E-state index contributed by atoms with van der Waals surface area (Å²) < 4.78 is 11.4. The number of amides is 1. The minimum Gasteiger partial charge on any atom is -0.497 e. The van der Waals surface area contributed by atoms with Gasteiger partial charge in [0.15, 0.2) is 6.10 Å². The van der Waals surface area contributed by atoms with Crippen molar-refractivity contribution in [1.82, 2.24) is 5.32 Å². The lowest BCUT2D eigenvalue weighted by atomic mass is 10.3. The Balaban J connectivity index is 2.69. The third-order valence-electron chi connectivity index (χ3n) is 2.24. The molecule has 0 aliphatic carbocycles. The molecule has 1 atom stereocenters. The summed E-state index contributed by atoms with van der Waals surface area (Å²) in [7, 11) is 1.60. The van der Waals surface area contributed by atoms with Crippen LogP contribution in [0.2, 0.25) is 0 Å². The molecule has 0 heterocycles. The maximum absolute atomic E-state index is 11.7. The molecule has 0 aliphatic rings. The molecule has 0 bridgehead atoms. The number of benzene rings is 1. The molecule has 1 unspecified atom stereocenters. The SMILES string of the molecule is COc1ccc(OC(C)C(=O)NC(C)C)c(Br)c1. The maximum atomic E-state index is 11.7. The van der Waals surface area contributed by atoms with E-state index in [2.05, 4.69) is 21.2 Å². The molecule has 18 heavy (non-hydrogen) atoms. The van der Waals surface area contributed by atoms with E-state index in [4.69, 9.17) is 9.47 Å². The van der Waals surface area contributed by atoms with Crippen molar-refractivity contribution in [2.75, 3.05) is 7.11 Å². The fraction of sp³-hybridized carbons (Fsp3) is 0.462. The molecule has 0 aliphatic heterocycles. The Morgan fingerprint density at radius 2 is 2.00 bits per heavy atom. The van der Waals surface area contributed by atoms with Gasteiger partial charge >= 0.3 is 0 Å². The van der Waals surface area contributed by atoms with E-state index in [9.17, 15) is 4.79 Å². The van der Waals surface area contributed by atoms with Crippen molar-refractivity contribution >= 4 is 21.8 Å². The van der Waals surface area contributed by atoms with E-state index in [0.717, 1.165) is 10.2 Å². The first-order chi connectivity index (χ1) is 8.43. The summed E-state index contributed by atoms with van der Waals surface area (Å²) in [6.45, 7) is 5.54. The third-order valence-corrected chi connectivity index (χ3v) is 2.86. The first kappa shape index (κ1) is 14.8. The van der Waals surface area contributed by atoms with Crippen LogP contribution in [0.1, 0.15) is 20.8 Å². The van der Waals surface area contributed by atoms with Gasteiger partial charge in [-0.2, -0.15) is 0 Å². The Hall–Kier alpha value is -1.23. The summed E-state index contributed by atoms with van der Waals surface area (Å²) >= 11 is 3.38. The number of rotatable bonds is 5. The highest BCUT2D eigenvalue weighted by atomic mass is 79.9. The summed E-state index contributed by atoms with van der Waals surface area (Å²) in [4.78, 5) is 11.7. The second kappa shape index (κ2) is 6.64. The average molecular weight is 316 g/mol. The fourth-order valence-corrected chi connectivity index (χ4v) is 1.80. The molecule has 1 aromatic carbocycles. The van der Waals surface area contributed by atoms with E-state index in [-0.39, 0.29) is 11.9 Å².